The summed E-state index contributed by atoms with van der Waals surface area (Å²) in [5.74, 6) is 0.520. The number of rotatable bonds is 5. The van der Waals surface area contributed by atoms with Crippen LogP contribution in [0.25, 0.3) is 0 Å². The van der Waals surface area contributed by atoms with Crippen molar-refractivity contribution in [1.82, 2.24) is 9.88 Å². The average molecular weight is 301 g/mol. The summed E-state index contributed by atoms with van der Waals surface area (Å²) >= 11 is 5.75. The lowest BCUT2D eigenvalue weighted by Gasteiger charge is -2.26. The summed E-state index contributed by atoms with van der Waals surface area (Å²) in [6, 6.07) is 3.72. The van der Waals surface area contributed by atoms with Crippen LogP contribution in [0.4, 0.5) is 0 Å². The standard InChI is InChI=1S/C13H17ClN2O2S/c1-2-6-16(12-5-7-19(17,18)10-12)9-11-3-4-13(14)15-8-11/h2-4,8,12H,1,5-7,9-10H2/t12-/m0/s1. The van der Waals surface area contributed by atoms with Crippen LogP contribution in [0.5, 0.6) is 0 Å². The zero-order valence-corrected chi connectivity index (χ0v) is 12.2. The first kappa shape index (κ1) is 14.5. The Kier molecular flexibility index (Phi) is 4.60. The van der Waals surface area contributed by atoms with E-state index in [1.165, 1.54) is 0 Å². The van der Waals surface area contributed by atoms with E-state index in [1.54, 1.807) is 18.3 Å². The molecule has 104 valence electrons. The van der Waals surface area contributed by atoms with Gasteiger partial charge in [0.1, 0.15) is 5.15 Å². The molecule has 2 rings (SSSR count). The fraction of sp³-hybridized carbons (Fsp3) is 0.462. The van der Waals surface area contributed by atoms with Crippen LogP contribution in [0.3, 0.4) is 0 Å². The largest absolute Gasteiger partial charge is 0.291 e. The van der Waals surface area contributed by atoms with Crippen molar-refractivity contribution >= 4 is 21.4 Å². The van der Waals surface area contributed by atoms with Gasteiger partial charge in [-0.1, -0.05) is 23.7 Å². The Hall–Kier alpha value is -0.910. The average Bonchev–Trinajstić information content (AvgIpc) is 2.72. The van der Waals surface area contributed by atoms with Crippen LogP contribution in [0.15, 0.2) is 31.0 Å². The highest BCUT2D eigenvalue weighted by Crippen LogP contribution is 2.20. The first-order chi connectivity index (χ1) is 9.00. The van der Waals surface area contributed by atoms with Crippen molar-refractivity contribution in [1.29, 1.82) is 0 Å². The molecule has 1 saturated heterocycles. The van der Waals surface area contributed by atoms with E-state index < -0.39 is 9.84 Å². The molecule has 0 aromatic carbocycles. The minimum atomic E-state index is -2.87. The minimum absolute atomic E-state index is 0.0682. The highest BCUT2D eigenvalue weighted by molar-refractivity contribution is 7.91. The van der Waals surface area contributed by atoms with E-state index in [4.69, 9.17) is 11.6 Å². The molecule has 19 heavy (non-hydrogen) atoms. The van der Waals surface area contributed by atoms with Gasteiger partial charge in [0.25, 0.3) is 0 Å². The molecule has 0 bridgehead atoms. The number of pyridine rings is 1. The Bertz CT molecular complexity index is 542. The van der Waals surface area contributed by atoms with Crippen LogP contribution in [0.2, 0.25) is 5.15 Å². The predicted octanol–water partition coefficient (Wildman–Crippen LogP) is 1.91. The van der Waals surface area contributed by atoms with Crippen molar-refractivity contribution in [2.75, 3.05) is 18.1 Å². The summed E-state index contributed by atoms with van der Waals surface area (Å²) in [6.45, 7) is 5.07. The summed E-state index contributed by atoms with van der Waals surface area (Å²) in [4.78, 5) is 6.17. The molecule has 0 radical (unpaired) electrons. The molecule has 1 atom stereocenters. The lowest BCUT2D eigenvalue weighted by molar-refractivity contribution is 0.226. The maximum absolute atomic E-state index is 11.6. The highest BCUT2D eigenvalue weighted by Gasteiger charge is 2.31. The minimum Gasteiger partial charge on any atom is -0.291 e. The molecule has 1 aromatic rings. The van der Waals surface area contributed by atoms with Crippen LogP contribution in [-0.2, 0) is 16.4 Å². The van der Waals surface area contributed by atoms with Gasteiger partial charge in [-0.05, 0) is 18.1 Å². The lowest BCUT2D eigenvalue weighted by atomic mass is 10.2. The quantitative estimate of drug-likeness (QED) is 0.616. The molecular weight excluding hydrogens is 284 g/mol. The fourth-order valence-corrected chi connectivity index (χ4v) is 4.18. The second-order valence-corrected chi connectivity index (χ2v) is 7.38. The molecule has 1 aliphatic rings. The van der Waals surface area contributed by atoms with E-state index >= 15 is 0 Å². The third-order valence-corrected chi connectivity index (χ3v) is 5.24. The van der Waals surface area contributed by atoms with Crippen molar-refractivity contribution in [3.05, 3.63) is 41.7 Å². The van der Waals surface area contributed by atoms with Gasteiger partial charge in [0.2, 0.25) is 0 Å². The Morgan fingerprint density at radius 2 is 2.32 bits per heavy atom. The second-order valence-electron chi connectivity index (χ2n) is 4.76. The molecule has 0 spiro atoms. The van der Waals surface area contributed by atoms with Crippen molar-refractivity contribution in [3.8, 4) is 0 Å². The van der Waals surface area contributed by atoms with Crippen LogP contribution >= 0.6 is 11.6 Å². The molecule has 1 fully saturated rings. The van der Waals surface area contributed by atoms with Crippen LogP contribution < -0.4 is 0 Å². The van der Waals surface area contributed by atoms with E-state index in [-0.39, 0.29) is 17.5 Å². The van der Waals surface area contributed by atoms with Gasteiger partial charge in [0.15, 0.2) is 9.84 Å². The smallest absolute Gasteiger partial charge is 0.151 e. The first-order valence-electron chi connectivity index (χ1n) is 6.16. The normalized spacial score (nSPS) is 21.7. The van der Waals surface area contributed by atoms with Crippen LogP contribution in [-0.4, -0.2) is 42.4 Å². The van der Waals surface area contributed by atoms with Crippen molar-refractivity contribution in [2.45, 2.75) is 19.0 Å². The summed E-state index contributed by atoms with van der Waals surface area (Å²) in [5.41, 5.74) is 1.02. The first-order valence-corrected chi connectivity index (χ1v) is 8.36. The topological polar surface area (TPSA) is 50.3 Å². The van der Waals surface area contributed by atoms with Gasteiger partial charge in [-0.3, -0.25) is 4.90 Å². The molecular formula is C13H17ClN2O2S. The summed E-state index contributed by atoms with van der Waals surface area (Å²) in [5, 5.41) is 0.461. The summed E-state index contributed by atoms with van der Waals surface area (Å²) in [6.07, 6.45) is 4.22. The van der Waals surface area contributed by atoms with Gasteiger partial charge in [-0.2, -0.15) is 0 Å². The zero-order chi connectivity index (χ0) is 13.9. The van der Waals surface area contributed by atoms with E-state index in [0.717, 1.165) is 5.56 Å². The molecule has 0 amide bonds. The fourth-order valence-electron chi connectivity index (χ4n) is 2.31. The van der Waals surface area contributed by atoms with E-state index in [0.29, 0.717) is 24.7 Å². The van der Waals surface area contributed by atoms with Gasteiger partial charge < -0.3 is 0 Å². The zero-order valence-electron chi connectivity index (χ0n) is 10.6. The van der Waals surface area contributed by atoms with E-state index in [2.05, 4.69) is 16.5 Å². The van der Waals surface area contributed by atoms with Gasteiger partial charge in [-0.15, -0.1) is 6.58 Å². The van der Waals surface area contributed by atoms with Crippen molar-refractivity contribution in [2.24, 2.45) is 0 Å². The van der Waals surface area contributed by atoms with Gasteiger partial charge in [0, 0.05) is 25.3 Å². The molecule has 1 aromatic heterocycles. The van der Waals surface area contributed by atoms with Gasteiger partial charge in [-0.25, -0.2) is 13.4 Å². The lowest BCUT2D eigenvalue weighted by Crippen LogP contribution is -2.35. The number of hydrogen-bond donors (Lipinski definition) is 0. The summed E-state index contributed by atoms with van der Waals surface area (Å²) in [7, 11) is -2.87. The molecule has 4 nitrogen and oxygen atoms in total. The van der Waals surface area contributed by atoms with E-state index in [1.807, 2.05) is 6.07 Å². The molecule has 1 aliphatic heterocycles. The molecule has 0 unspecified atom stereocenters. The number of halogens is 1. The Balaban J connectivity index is 2.08. The number of sulfone groups is 1. The Morgan fingerprint density at radius 1 is 1.53 bits per heavy atom. The number of nitrogens with zero attached hydrogens (tertiary/aromatic N) is 2. The number of hydrogen-bond acceptors (Lipinski definition) is 4. The molecule has 0 saturated carbocycles. The maximum Gasteiger partial charge on any atom is 0.151 e. The van der Waals surface area contributed by atoms with Crippen LogP contribution in [0.1, 0.15) is 12.0 Å². The van der Waals surface area contributed by atoms with Crippen molar-refractivity contribution in [3.63, 3.8) is 0 Å². The third-order valence-electron chi connectivity index (χ3n) is 3.26. The van der Waals surface area contributed by atoms with Crippen molar-refractivity contribution < 1.29 is 8.42 Å². The predicted molar refractivity (Wildman–Crippen MR) is 76.9 cm³/mol. The second kappa shape index (κ2) is 6.03. The number of aromatic nitrogens is 1. The van der Waals surface area contributed by atoms with Crippen LogP contribution in [0, 0.1) is 0 Å². The molecule has 0 N–H and O–H groups in total. The Morgan fingerprint density at radius 3 is 2.84 bits per heavy atom. The monoisotopic (exact) mass is 300 g/mol. The Labute approximate surface area is 119 Å². The van der Waals surface area contributed by atoms with Gasteiger partial charge >= 0.3 is 0 Å². The molecule has 2 heterocycles. The molecule has 6 heteroatoms. The highest BCUT2D eigenvalue weighted by atomic mass is 35.5. The van der Waals surface area contributed by atoms with Gasteiger partial charge in [0.05, 0.1) is 11.5 Å². The SMILES string of the molecule is C=CCN(Cc1ccc(Cl)nc1)[C@H]1CCS(=O)(=O)C1. The summed E-state index contributed by atoms with van der Waals surface area (Å²) < 4.78 is 23.1. The molecule has 0 aliphatic carbocycles. The van der Waals surface area contributed by atoms with E-state index in [9.17, 15) is 8.42 Å². The maximum atomic E-state index is 11.6. The third kappa shape index (κ3) is 4.03.